The van der Waals surface area contributed by atoms with Crippen LogP contribution in [0, 0.1) is 0 Å². The Kier molecular flexibility index (Phi) is 5.60. The minimum Gasteiger partial charge on any atom is -0.497 e. The summed E-state index contributed by atoms with van der Waals surface area (Å²) < 4.78 is 28.3. The zero-order valence-corrected chi connectivity index (χ0v) is 17.6. The number of carbonyl (C=O) groups excluding carboxylic acids is 1. The lowest BCUT2D eigenvalue weighted by atomic mass is 10.2. The number of rotatable bonds is 7. The van der Waals surface area contributed by atoms with Crippen LogP contribution < -0.4 is 21.5 Å². The normalized spacial score (nSPS) is 11.1. The van der Waals surface area contributed by atoms with E-state index in [1.807, 2.05) is 0 Å². The molecule has 32 heavy (non-hydrogen) atoms. The first kappa shape index (κ1) is 21.1. The number of hydrogen-bond acceptors (Lipinski definition) is 8. The summed E-state index contributed by atoms with van der Waals surface area (Å²) in [6.45, 7) is 0. The molecule has 11 nitrogen and oxygen atoms in total. The van der Waals surface area contributed by atoms with Gasteiger partial charge in [-0.2, -0.15) is 0 Å². The molecule has 164 valence electrons. The first-order valence-electron chi connectivity index (χ1n) is 9.30. The Morgan fingerprint density at radius 2 is 1.97 bits per heavy atom. The Hall–Kier alpha value is -4.19. The Morgan fingerprint density at radius 1 is 1.19 bits per heavy atom. The molecule has 2 aromatic heterocycles. The summed E-state index contributed by atoms with van der Waals surface area (Å²) in [6.07, 6.45) is 0. The van der Waals surface area contributed by atoms with Gasteiger partial charge in [0, 0.05) is 17.3 Å². The molecule has 2 heterocycles. The number of nitrogens with zero attached hydrogens (tertiary/aromatic N) is 3. The van der Waals surface area contributed by atoms with Crippen LogP contribution in [-0.2, 0) is 10.7 Å². The van der Waals surface area contributed by atoms with Crippen LogP contribution in [0.15, 0.2) is 53.3 Å². The second kappa shape index (κ2) is 8.51. The average molecular weight is 454 g/mol. The first-order valence-corrected chi connectivity index (χ1v) is 10.7. The average Bonchev–Trinajstić information content (AvgIpc) is 3.12. The van der Waals surface area contributed by atoms with Gasteiger partial charge in [-0.15, -0.1) is 0 Å². The molecule has 2 aromatic carbocycles. The highest BCUT2D eigenvalue weighted by Gasteiger charge is 2.20. The van der Waals surface area contributed by atoms with Gasteiger partial charge in [-0.25, -0.2) is 27.7 Å². The molecular formula is C20H18N6O5S. The summed E-state index contributed by atoms with van der Waals surface area (Å²) in [5.41, 5.74) is 6.58. The molecule has 0 saturated heterocycles. The van der Waals surface area contributed by atoms with E-state index >= 15 is 0 Å². The van der Waals surface area contributed by atoms with Gasteiger partial charge < -0.3 is 20.8 Å². The van der Waals surface area contributed by atoms with Gasteiger partial charge in [0.25, 0.3) is 5.91 Å². The molecule has 0 radical (unpaired) electrons. The number of aromatic amines is 1. The van der Waals surface area contributed by atoms with Crippen molar-refractivity contribution in [2.45, 2.75) is 0 Å². The third-order valence-corrected chi connectivity index (χ3v) is 5.03. The third-order valence-electron chi connectivity index (χ3n) is 4.61. The number of primary amides is 1. The van der Waals surface area contributed by atoms with Crippen LogP contribution in [0.5, 0.6) is 5.75 Å². The number of aromatic nitrogens is 4. The summed E-state index contributed by atoms with van der Waals surface area (Å²) in [7, 11) is -1.11. The zero-order chi connectivity index (χ0) is 22.8. The number of fused-ring (bicyclic) bond motifs is 1. The molecule has 0 atom stereocenters. The van der Waals surface area contributed by atoms with Gasteiger partial charge in [0.2, 0.25) is 0 Å². The number of thiol groups is 1. The fourth-order valence-corrected chi connectivity index (χ4v) is 3.52. The standard InChI is InChI=1S/C20H18N6O5S/c1-31-14-7-3-6-13(9-14)26-19-16(24-20(26)28)15(17(21)27)23-18(25-19)11-4-2-5-12(8-11)22-10-32(29)30/h2-9,22,32H,10H2,1H3,(H2,21,27)(H,24,28). The molecule has 0 saturated carbocycles. The molecule has 4 aromatic rings. The number of H-pyrrole nitrogens is 1. The number of carbonyl (C=O) groups is 1. The molecule has 4 N–H and O–H groups in total. The van der Waals surface area contributed by atoms with E-state index in [-0.39, 0.29) is 28.6 Å². The van der Waals surface area contributed by atoms with Crippen LogP contribution >= 0.6 is 0 Å². The van der Waals surface area contributed by atoms with Gasteiger partial charge in [-0.05, 0) is 24.3 Å². The van der Waals surface area contributed by atoms with E-state index in [2.05, 4.69) is 20.3 Å². The first-order chi connectivity index (χ1) is 15.4. The number of nitrogens with two attached hydrogens (primary N) is 1. The molecule has 0 aliphatic heterocycles. The minimum atomic E-state index is -2.61. The van der Waals surface area contributed by atoms with Gasteiger partial charge in [0.1, 0.15) is 17.1 Å². The Balaban J connectivity index is 1.93. The molecule has 0 aliphatic carbocycles. The smallest absolute Gasteiger partial charge is 0.332 e. The van der Waals surface area contributed by atoms with Gasteiger partial charge >= 0.3 is 5.69 Å². The third kappa shape index (κ3) is 4.03. The molecule has 0 fully saturated rings. The highest BCUT2D eigenvalue weighted by molar-refractivity contribution is 7.72. The van der Waals surface area contributed by atoms with Gasteiger partial charge in [0.05, 0.1) is 12.8 Å². The number of amides is 1. The van der Waals surface area contributed by atoms with E-state index in [4.69, 9.17) is 10.5 Å². The van der Waals surface area contributed by atoms with Gasteiger partial charge in [-0.3, -0.25) is 4.79 Å². The van der Waals surface area contributed by atoms with Crippen LogP contribution in [0.3, 0.4) is 0 Å². The number of imidazole rings is 1. The SMILES string of the molecule is COc1cccc(-n2c(=O)[nH]c3c(C(N)=O)nc(-c4cccc(NC[SH](=O)=O)c4)nc32)c1. The van der Waals surface area contributed by atoms with E-state index in [1.54, 1.807) is 48.5 Å². The van der Waals surface area contributed by atoms with Crippen LogP contribution in [0.25, 0.3) is 28.2 Å². The van der Waals surface area contributed by atoms with Crippen molar-refractivity contribution in [2.75, 3.05) is 18.3 Å². The lowest BCUT2D eigenvalue weighted by Crippen LogP contribution is -2.15. The van der Waals surface area contributed by atoms with E-state index in [1.165, 1.54) is 11.7 Å². The van der Waals surface area contributed by atoms with Crippen molar-refractivity contribution < 1.29 is 17.9 Å². The number of hydrogen-bond donors (Lipinski definition) is 4. The Bertz CT molecular complexity index is 1470. The second-order valence-electron chi connectivity index (χ2n) is 6.67. The van der Waals surface area contributed by atoms with Crippen molar-refractivity contribution in [3.8, 4) is 22.8 Å². The van der Waals surface area contributed by atoms with E-state index in [0.29, 0.717) is 22.7 Å². The quantitative estimate of drug-likeness (QED) is 0.299. The monoisotopic (exact) mass is 454 g/mol. The Morgan fingerprint density at radius 3 is 2.69 bits per heavy atom. The molecule has 0 spiro atoms. The molecule has 0 bridgehead atoms. The summed E-state index contributed by atoms with van der Waals surface area (Å²) in [5.74, 6) is -0.408. The van der Waals surface area contributed by atoms with Crippen LogP contribution in [0.1, 0.15) is 10.5 Å². The topological polar surface area (TPSA) is 162 Å². The second-order valence-corrected chi connectivity index (χ2v) is 7.66. The lowest BCUT2D eigenvalue weighted by molar-refractivity contribution is 0.0997. The number of ether oxygens (including phenoxy) is 1. The maximum absolute atomic E-state index is 12.7. The number of methoxy groups -OCH3 is 1. The highest BCUT2D eigenvalue weighted by Crippen LogP contribution is 2.25. The van der Waals surface area contributed by atoms with E-state index in [9.17, 15) is 18.0 Å². The highest BCUT2D eigenvalue weighted by atomic mass is 32.2. The molecule has 4 rings (SSSR count). The van der Waals surface area contributed by atoms with Crippen LogP contribution in [-0.4, -0.2) is 46.8 Å². The fraction of sp³-hybridized carbons (Fsp3) is 0.100. The predicted octanol–water partition coefficient (Wildman–Crippen LogP) is 0.864. The molecule has 0 aliphatic rings. The van der Waals surface area contributed by atoms with Crippen LogP contribution in [0.2, 0.25) is 0 Å². The predicted molar refractivity (Wildman–Crippen MR) is 119 cm³/mol. The molecular weight excluding hydrogens is 436 g/mol. The summed E-state index contributed by atoms with van der Waals surface area (Å²) >= 11 is 0. The molecule has 0 unspecified atom stereocenters. The van der Waals surface area contributed by atoms with Crippen molar-refractivity contribution in [3.63, 3.8) is 0 Å². The maximum Gasteiger partial charge on any atom is 0.332 e. The Labute approximate surface area is 182 Å². The van der Waals surface area contributed by atoms with Crippen molar-refractivity contribution in [2.24, 2.45) is 5.73 Å². The number of anilines is 1. The summed E-state index contributed by atoms with van der Waals surface area (Å²) in [5, 5.41) is 2.76. The van der Waals surface area contributed by atoms with E-state index in [0.717, 1.165) is 0 Å². The lowest BCUT2D eigenvalue weighted by Gasteiger charge is -2.09. The van der Waals surface area contributed by atoms with Crippen molar-refractivity contribution in [3.05, 3.63) is 64.7 Å². The van der Waals surface area contributed by atoms with Gasteiger partial charge in [0.15, 0.2) is 27.9 Å². The molecule has 12 heteroatoms. The van der Waals surface area contributed by atoms with Crippen molar-refractivity contribution in [1.29, 1.82) is 0 Å². The number of nitrogens with one attached hydrogen (secondary N) is 2. The summed E-state index contributed by atoms with van der Waals surface area (Å²) in [4.78, 5) is 36.2. The van der Waals surface area contributed by atoms with Gasteiger partial charge in [-0.1, -0.05) is 18.2 Å². The molecule has 1 amide bonds. The zero-order valence-electron chi connectivity index (χ0n) is 16.7. The summed E-state index contributed by atoms with van der Waals surface area (Å²) in [6, 6.07) is 13.5. The maximum atomic E-state index is 12.7. The largest absolute Gasteiger partial charge is 0.497 e. The van der Waals surface area contributed by atoms with Crippen molar-refractivity contribution >= 4 is 33.5 Å². The van der Waals surface area contributed by atoms with Crippen LogP contribution in [0.4, 0.5) is 5.69 Å². The van der Waals surface area contributed by atoms with Crippen molar-refractivity contribution in [1.82, 2.24) is 19.5 Å². The minimum absolute atomic E-state index is 0.103. The van der Waals surface area contributed by atoms with E-state index < -0.39 is 22.3 Å². The number of benzene rings is 2. The fourth-order valence-electron chi connectivity index (χ4n) is 3.21.